The highest BCUT2D eigenvalue weighted by Crippen LogP contribution is 2.27. The summed E-state index contributed by atoms with van der Waals surface area (Å²) in [6.07, 6.45) is 0. The van der Waals surface area contributed by atoms with Gasteiger partial charge in [-0.15, -0.1) is 0 Å². The number of esters is 1. The van der Waals surface area contributed by atoms with Gasteiger partial charge in [0, 0.05) is 0 Å². The van der Waals surface area contributed by atoms with Gasteiger partial charge in [-0.1, -0.05) is 12.1 Å². The molecule has 2 rings (SSSR count). The van der Waals surface area contributed by atoms with Crippen LogP contribution in [-0.2, 0) is 9.53 Å². The van der Waals surface area contributed by atoms with Crippen LogP contribution in [0.5, 0.6) is 17.2 Å². The van der Waals surface area contributed by atoms with E-state index < -0.39 is 11.9 Å². The van der Waals surface area contributed by atoms with Crippen LogP contribution >= 0.6 is 0 Å². The maximum absolute atomic E-state index is 12.1. The van der Waals surface area contributed by atoms with E-state index >= 15 is 0 Å². The molecule has 0 aliphatic heterocycles. The van der Waals surface area contributed by atoms with Crippen LogP contribution in [0.25, 0.3) is 0 Å². The first-order chi connectivity index (χ1) is 13.0. The molecule has 2 aromatic rings. The van der Waals surface area contributed by atoms with Gasteiger partial charge >= 0.3 is 5.97 Å². The standard InChI is InChI=1S/C20H23NO6/c1-13(14-6-5-7-16(10-14)24-2)21-19(22)12-27-20(23)15-8-9-17(25-3)18(11-15)26-4/h5-11,13H,12H2,1-4H3,(H,21,22). The summed E-state index contributed by atoms with van der Waals surface area (Å²) in [6, 6.07) is 11.8. The highest BCUT2D eigenvalue weighted by atomic mass is 16.5. The summed E-state index contributed by atoms with van der Waals surface area (Å²) in [5.74, 6) is 0.578. The lowest BCUT2D eigenvalue weighted by atomic mass is 10.1. The lowest BCUT2D eigenvalue weighted by Gasteiger charge is -2.15. The van der Waals surface area contributed by atoms with Crippen LogP contribution in [-0.4, -0.2) is 39.8 Å². The second-order valence-electron chi connectivity index (χ2n) is 5.71. The fourth-order valence-corrected chi connectivity index (χ4v) is 2.45. The van der Waals surface area contributed by atoms with Crippen molar-refractivity contribution >= 4 is 11.9 Å². The molecule has 1 atom stereocenters. The summed E-state index contributed by atoms with van der Waals surface area (Å²) in [5.41, 5.74) is 1.15. The fraction of sp³-hybridized carbons (Fsp3) is 0.300. The summed E-state index contributed by atoms with van der Waals surface area (Å²) in [7, 11) is 4.56. The number of carbonyl (C=O) groups is 2. The number of ether oxygens (including phenoxy) is 4. The van der Waals surface area contributed by atoms with E-state index in [1.54, 1.807) is 19.2 Å². The third kappa shape index (κ3) is 5.37. The van der Waals surface area contributed by atoms with Gasteiger partial charge in [0.15, 0.2) is 18.1 Å². The van der Waals surface area contributed by atoms with Gasteiger partial charge in [-0.2, -0.15) is 0 Å². The molecule has 0 aromatic heterocycles. The molecule has 144 valence electrons. The average Bonchev–Trinajstić information content (AvgIpc) is 2.71. The molecular formula is C20H23NO6. The lowest BCUT2D eigenvalue weighted by molar-refractivity contribution is -0.124. The number of benzene rings is 2. The Kier molecular flexibility index (Phi) is 7.05. The topological polar surface area (TPSA) is 83.1 Å². The van der Waals surface area contributed by atoms with E-state index in [2.05, 4.69) is 5.32 Å². The molecule has 0 saturated heterocycles. The van der Waals surface area contributed by atoms with Crippen LogP contribution in [0.1, 0.15) is 28.9 Å². The number of amides is 1. The molecule has 0 fully saturated rings. The first kappa shape index (κ1) is 20.1. The van der Waals surface area contributed by atoms with Crippen molar-refractivity contribution in [1.82, 2.24) is 5.32 Å². The zero-order valence-corrected chi connectivity index (χ0v) is 15.8. The van der Waals surface area contributed by atoms with E-state index in [4.69, 9.17) is 18.9 Å². The quantitative estimate of drug-likeness (QED) is 0.717. The third-order valence-corrected chi connectivity index (χ3v) is 3.92. The van der Waals surface area contributed by atoms with E-state index in [0.29, 0.717) is 17.2 Å². The Bertz CT molecular complexity index is 805. The van der Waals surface area contributed by atoms with E-state index in [1.165, 1.54) is 20.3 Å². The summed E-state index contributed by atoms with van der Waals surface area (Å²) >= 11 is 0. The van der Waals surface area contributed by atoms with Gasteiger partial charge in [0.05, 0.1) is 32.9 Å². The number of rotatable bonds is 8. The summed E-state index contributed by atoms with van der Waals surface area (Å²) < 4.78 is 20.5. The van der Waals surface area contributed by atoms with Crippen molar-refractivity contribution in [3.05, 3.63) is 53.6 Å². The average molecular weight is 373 g/mol. The van der Waals surface area contributed by atoms with Crippen LogP contribution in [0.2, 0.25) is 0 Å². The molecule has 0 bridgehead atoms. The van der Waals surface area contributed by atoms with Crippen molar-refractivity contribution in [2.45, 2.75) is 13.0 Å². The monoisotopic (exact) mass is 373 g/mol. The smallest absolute Gasteiger partial charge is 0.338 e. The molecule has 7 heteroatoms. The Balaban J connectivity index is 1.91. The zero-order valence-electron chi connectivity index (χ0n) is 15.8. The Labute approximate surface area is 158 Å². The molecule has 0 aliphatic carbocycles. The molecule has 1 unspecified atom stereocenters. The van der Waals surface area contributed by atoms with Crippen molar-refractivity contribution in [2.75, 3.05) is 27.9 Å². The Morgan fingerprint density at radius 2 is 1.70 bits per heavy atom. The molecule has 7 nitrogen and oxygen atoms in total. The lowest BCUT2D eigenvalue weighted by Crippen LogP contribution is -2.31. The normalized spacial score (nSPS) is 11.3. The van der Waals surface area contributed by atoms with Crippen molar-refractivity contribution in [1.29, 1.82) is 0 Å². The van der Waals surface area contributed by atoms with Crippen LogP contribution in [0, 0.1) is 0 Å². The molecule has 0 radical (unpaired) electrons. The fourth-order valence-electron chi connectivity index (χ4n) is 2.45. The van der Waals surface area contributed by atoms with Gasteiger partial charge in [0.2, 0.25) is 0 Å². The molecule has 2 aromatic carbocycles. The number of carbonyl (C=O) groups excluding carboxylic acids is 2. The molecule has 0 saturated carbocycles. The van der Waals surface area contributed by atoms with Crippen LogP contribution in [0.4, 0.5) is 0 Å². The molecular weight excluding hydrogens is 350 g/mol. The van der Waals surface area contributed by atoms with E-state index in [1.807, 2.05) is 31.2 Å². The van der Waals surface area contributed by atoms with Crippen molar-refractivity contribution < 1.29 is 28.5 Å². The SMILES string of the molecule is COc1cccc(C(C)NC(=O)COC(=O)c2ccc(OC)c(OC)c2)c1. The summed E-state index contributed by atoms with van der Waals surface area (Å²) in [4.78, 5) is 24.2. The van der Waals surface area contributed by atoms with Gasteiger partial charge in [-0.3, -0.25) is 4.79 Å². The van der Waals surface area contributed by atoms with Crippen molar-refractivity contribution in [2.24, 2.45) is 0 Å². The van der Waals surface area contributed by atoms with Crippen LogP contribution < -0.4 is 19.5 Å². The van der Waals surface area contributed by atoms with Crippen LogP contribution in [0.15, 0.2) is 42.5 Å². The molecule has 1 N–H and O–H groups in total. The largest absolute Gasteiger partial charge is 0.497 e. The Morgan fingerprint density at radius 3 is 2.37 bits per heavy atom. The highest BCUT2D eigenvalue weighted by Gasteiger charge is 2.15. The van der Waals surface area contributed by atoms with E-state index in [9.17, 15) is 9.59 Å². The predicted octanol–water partition coefficient (Wildman–Crippen LogP) is 2.75. The molecule has 0 spiro atoms. The maximum Gasteiger partial charge on any atom is 0.338 e. The van der Waals surface area contributed by atoms with E-state index in [-0.39, 0.29) is 18.2 Å². The highest BCUT2D eigenvalue weighted by molar-refractivity contribution is 5.92. The minimum atomic E-state index is -0.625. The van der Waals surface area contributed by atoms with Crippen LogP contribution in [0.3, 0.4) is 0 Å². The first-order valence-corrected chi connectivity index (χ1v) is 8.31. The summed E-state index contributed by atoms with van der Waals surface area (Å²) in [5, 5.41) is 2.78. The van der Waals surface area contributed by atoms with Crippen molar-refractivity contribution in [3.8, 4) is 17.2 Å². The number of nitrogens with one attached hydrogen (secondary N) is 1. The zero-order chi connectivity index (χ0) is 19.8. The first-order valence-electron chi connectivity index (χ1n) is 8.31. The molecule has 0 heterocycles. The second-order valence-corrected chi connectivity index (χ2v) is 5.71. The minimum Gasteiger partial charge on any atom is -0.497 e. The molecule has 0 aliphatic rings. The predicted molar refractivity (Wildman–Crippen MR) is 99.4 cm³/mol. The van der Waals surface area contributed by atoms with Gasteiger partial charge in [0.1, 0.15) is 5.75 Å². The summed E-state index contributed by atoms with van der Waals surface area (Å²) in [6.45, 7) is 1.45. The third-order valence-electron chi connectivity index (χ3n) is 3.92. The minimum absolute atomic E-state index is 0.257. The van der Waals surface area contributed by atoms with E-state index in [0.717, 1.165) is 5.56 Å². The number of methoxy groups -OCH3 is 3. The van der Waals surface area contributed by atoms with Gasteiger partial charge in [-0.25, -0.2) is 4.79 Å². The Hall–Kier alpha value is -3.22. The van der Waals surface area contributed by atoms with Crippen molar-refractivity contribution in [3.63, 3.8) is 0 Å². The number of hydrogen-bond donors (Lipinski definition) is 1. The van der Waals surface area contributed by atoms with Gasteiger partial charge in [-0.05, 0) is 42.8 Å². The number of hydrogen-bond acceptors (Lipinski definition) is 6. The van der Waals surface area contributed by atoms with Gasteiger partial charge < -0.3 is 24.3 Å². The van der Waals surface area contributed by atoms with Gasteiger partial charge in [0.25, 0.3) is 5.91 Å². The maximum atomic E-state index is 12.1. The second kappa shape index (κ2) is 9.47. The Morgan fingerprint density at radius 1 is 0.963 bits per heavy atom. The molecule has 1 amide bonds. The molecule has 27 heavy (non-hydrogen) atoms.